The summed E-state index contributed by atoms with van der Waals surface area (Å²) in [4.78, 5) is 1.93. The van der Waals surface area contributed by atoms with Crippen molar-refractivity contribution in [1.29, 1.82) is 0 Å². The number of aliphatic hydroxyl groups excluding tert-OH is 2. The maximum Gasteiger partial charge on any atom is 0.231 e. The molecule has 2 unspecified atom stereocenters. The van der Waals surface area contributed by atoms with Crippen molar-refractivity contribution >= 4 is 5.69 Å². The number of fused-ring (bicyclic) bond motifs is 2. The molecule has 0 aliphatic carbocycles. The first kappa shape index (κ1) is 21.5. The first-order chi connectivity index (χ1) is 17.1. The number of hydrogen-bond donors (Lipinski definition) is 3. The predicted molar refractivity (Wildman–Crippen MR) is 132 cm³/mol. The normalized spacial score (nSPS) is 20.3. The van der Waals surface area contributed by atoms with Gasteiger partial charge in [-0.1, -0.05) is 78.9 Å². The van der Waals surface area contributed by atoms with Crippen LogP contribution in [0.25, 0.3) is 0 Å². The number of rotatable bonds is 5. The zero-order valence-corrected chi connectivity index (χ0v) is 18.9. The maximum absolute atomic E-state index is 12.1. The number of nitrogens with zero attached hydrogens (tertiary/aromatic N) is 1. The highest BCUT2D eigenvalue weighted by atomic mass is 16.7. The highest BCUT2D eigenvalue weighted by Gasteiger charge is 2.55. The van der Waals surface area contributed by atoms with Crippen LogP contribution in [0.2, 0.25) is 0 Å². The average Bonchev–Trinajstić information content (AvgIpc) is 3.45. The molecule has 0 fully saturated rings. The third kappa shape index (κ3) is 3.18. The van der Waals surface area contributed by atoms with Crippen molar-refractivity contribution in [3.05, 3.63) is 119 Å². The molecule has 4 aromatic rings. The number of ether oxygens (including phenoxy) is 2. The summed E-state index contributed by atoms with van der Waals surface area (Å²) in [7, 11) is 0. The van der Waals surface area contributed by atoms with E-state index in [0.717, 1.165) is 22.4 Å². The smallest absolute Gasteiger partial charge is 0.231 e. The summed E-state index contributed by atoms with van der Waals surface area (Å²) in [6, 6.07) is 30.4. The number of phenolic OH excluding ortho intramolecular Hbond substituents is 1. The van der Waals surface area contributed by atoms with Gasteiger partial charge in [0.05, 0.1) is 18.1 Å². The van der Waals surface area contributed by atoms with Gasteiger partial charge < -0.3 is 29.7 Å². The zero-order valence-electron chi connectivity index (χ0n) is 18.9. The van der Waals surface area contributed by atoms with Crippen LogP contribution in [0.5, 0.6) is 17.2 Å². The van der Waals surface area contributed by atoms with Gasteiger partial charge in [-0.15, -0.1) is 0 Å². The van der Waals surface area contributed by atoms with Gasteiger partial charge in [-0.3, -0.25) is 0 Å². The minimum absolute atomic E-state index is 0.0553. The Morgan fingerprint density at radius 3 is 2.00 bits per heavy atom. The van der Waals surface area contributed by atoms with Crippen LogP contribution in [0.4, 0.5) is 5.69 Å². The van der Waals surface area contributed by atoms with Gasteiger partial charge in [-0.05, 0) is 28.8 Å². The standard InChI is InChI=1S/C29H25NO5/c31-17-29(22-15-25-26(16-24(22)32)35-18-34-25)21-13-7-8-14-23(21)30(28(29)33)27(19-9-3-1-4-10-19)20-11-5-2-6-12-20/h1-16,27-28,31-33H,17-18H2. The van der Waals surface area contributed by atoms with Gasteiger partial charge in [-0.2, -0.15) is 0 Å². The van der Waals surface area contributed by atoms with Crippen molar-refractivity contribution in [2.75, 3.05) is 18.3 Å². The molecule has 6 heteroatoms. The summed E-state index contributed by atoms with van der Waals surface area (Å²) in [5.41, 5.74) is 2.56. The molecule has 4 aromatic carbocycles. The number of phenols is 1. The molecular formula is C29H25NO5. The summed E-state index contributed by atoms with van der Waals surface area (Å²) < 4.78 is 11.0. The second-order valence-electron chi connectivity index (χ2n) is 8.87. The first-order valence-corrected chi connectivity index (χ1v) is 11.5. The van der Waals surface area contributed by atoms with E-state index in [9.17, 15) is 15.3 Å². The van der Waals surface area contributed by atoms with Gasteiger partial charge in [0.25, 0.3) is 0 Å². The number of aromatic hydroxyl groups is 1. The number of aliphatic hydroxyl groups is 2. The van der Waals surface area contributed by atoms with Crippen LogP contribution >= 0.6 is 0 Å². The van der Waals surface area contributed by atoms with Crippen molar-refractivity contribution in [2.24, 2.45) is 0 Å². The molecule has 2 heterocycles. The molecule has 2 aliphatic heterocycles. The minimum Gasteiger partial charge on any atom is -0.507 e. The Bertz CT molecular complexity index is 1320. The van der Waals surface area contributed by atoms with Crippen molar-refractivity contribution in [2.45, 2.75) is 17.7 Å². The highest BCUT2D eigenvalue weighted by molar-refractivity contribution is 5.72. The summed E-state index contributed by atoms with van der Waals surface area (Å²) in [5, 5.41) is 34.1. The molecule has 0 saturated heterocycles. The van der Waals surface area contributed by atoms with Crippen molar-refractivity contribution in [1.82, 2.24) is 0 Å². The molecule has 35 heavy (non-hydrogen) atoms. The van der Waals surface area contributed by atoms with E-state index in [4.69, 9.17) is 9.47 Å². The molecular weight excluding hydrogens is 442 g/mol. The third-order valence-electron chi connectivity index (χ3n) is 7.10. The molecule has 0 saturated carbocycles. The molecule has 3 N–H and O–H groups in total. The Morgan fingerprint density at radius 2 is 1.37 bits per heavy atom. The van der Waals surface area contributed by atoms with E-state index in [1.54, 1.807) is 6.07 Å². The fraction of sp³-hybridized carbons (Fsp3) is 0.172. The summed E-state index contributed by atoms with van der Waals surface area (Å²) >= 11 is 0. The fourth-order valence-corrected chi connectivity index (χ4v) is 5.47. The second kappa shape index (κ2) is 8.34. The lowest BCUT2D eigenvalue weighted by molar-refractivity contribution is 0.0649. The lowest BCUT2D eigenvalue weighted by Crippen LogP contribution is -2.49. The van der Waals surface area contributed by atoms with Gasteiger partial charge in [-0.25, -0.2) is 0 Å². The monoisotopic (exact) mass is 467 g/mol. The molecule has 2 atom stereocenters. The molecule has 2 aliphatic rings. The van der Waals surface area contributed by atoms with Crippen LogP contribution in [0.15, 0.2) is 97.1 Å². The van der Waals surface area contributed by atoms with Crippen LogP contribution in [-0.4, -0.2) is 34.9 Å². The second-order valence-corrected chi connectivity index (χ2v) is 8.87. The van der Waals surface area contributed by atoms with E-state index in [-0.39, 0.29) is 18.6 Å². The molecule has 0 spiro atoms. The SMILES string of the molecule is OCC1(c2cc3c(cc2O)OCO3)c2ccccc2N(C(c2ccccc2)c2ccccc2)C1O. The Labute approximate surface area is 203 Å². The summed E-state index contributed by atoms with van der Waals surface area (Å²) in [6.45, 7) is -0.370. The number of para-hydroxylation sites is 1. The number of anilines is 1. The summed E-state index contributed by atoms with van der Waals surface area (Å²) in [5.74, 6) is 0.829. The Balaban J connectivity index is 1.59. The third-order valence-corrected chi connectivity index (χ3v) is 7.10. The molecule has 6 rings (SSSR count). The van der Waals surface area contributed by atoms with Crippen LogP contribution in [0, 0.1) is 0 Å². The lowest BCUT2D eigenvalue weighted by atomic mass is 9.74. The van der Waals surface area contributed by atoms with E-state index in [1.165, 1.54) is 6.07 Å². The Morgan fingerprint density at radius 1 is 0.800 bits per heavy atom. The minimum atomic E-state index is -1.32. The predicted octanol–water partition coefficient (Wildman–Crippen LogP) is 4.33. The highest BCUT2D eigenvalue weighted by Crippen LogP contribution is 2.55. The van der Waals surface area contributed by atoms with Gasteiger partial charge in [0, 0.05) is 17.3 Å². The van der Waals surface area contributed by atoms with Crippen LogP contribution in [-0.2, 0) is 5.41 Å². The Kier molecular flexibility index (Phi) is 5.13. The topological polar surface area (TPSA) is 82.4 Å². The van der Waals surface area contributed by atoms with Gasteiger partial charge in [0.1, 0.15) is 12.0 Å². The van der Waals surface area contributed by atoms with Crippen molar-refractivity contribution in [3.8, 4) is 17.2 Å². The first-order valence-electron chi connectivity index (χ1n) is 11.5. The summed E-state index contributed by atoms with van der Waals surface area (Å²) in [6.07, 6.45) is -1.19. The van der Waals surface area contributed by atoms with Crippen LogP contribution in [0.1, 0.15) is 28.3 Å². The average molecular weight is 468 g/mol. The van der Waals surface area contributed by atoms with Crippen molar-refractivity contribution in [3.63, 3.8) is 0 Å². The molecule has 176 valence electrons. The molecule has 0 amide bonds. The molecule has 6 nitrogen and oxygen atoms in total. The largest absolute Gasteiger partial charge is 0.507 e. The van der Waals surface area contributed by atoms with E-state index >= 15 is 0 Å². The van der Waals surface area contributed by atoms with Crippen LogP contribution in [0.3, 0.4) is 0 Å². The van der Waals surface area contributed by atoms with Gasteiger partial charge in [0.15, 0.2) is 11.5 Å². The zero-order chi connectivity index (χ0) is 24.0. The number of benzene rings is 4. The molecule has 0 bridgehead atoms. The quantitative estimate of drug-likeness (QED) is 0.405. The van der Waals surface area contributed by atoms with Gasteiger partial charge >= 0.3 is 0 Å². The van der Waals surface area contributed by atoms with E-state index in [0.29, 0.717) is 17.1 Å². The van der Waals surface area contributed by atoms with E-state index in [2.05, 4.69) is 0 Å². The molecule has 0 radical (unpaired) electrons. The maximum atomic E-state index is 12.1. The number of hydrogen-bond acceptors (Lipinski definition) is 6. The molecule has 0 aromatic heterocycles. The van der Waals surface area contributed by atoms with Crippen LogP contribution < -0.4 is 14.4 Å². The lowest BCUT2D eigenvalue weighted by Gasteiger charge is -2.39. The Hall–Kier alpha value is -4.00. The van der Waals surface area contributed by atoms with E-state index in [1.807, 2.05) is 89.8 Å². The van der Waals surface area contributed by atoms with E-state index < -0.39 is 18.2 Å². The fourth-order valence-electron chi connectivity index (χ4n) is 5.47. The van der Waals surface area contributed by atoms with Crippen molar-refractivity contribution < 1.29 is 24.8 Å². The van der Waals surface area contributed by atoms with Gasteiger partial charge in [0.2, 0.25) is 6.79 Å².